The molecule has 0 bridgehead atoms. The van der Waals surface area contributed by atoms with Crippen molar-refractivity contribution in [3.63, 3.8) is 0 Å². The van der Waals surface area contributed by atoms with Crippen LogP contribution in [0.3, 0.4) is 0 Å². The molecule has 0 unspecified atom stereocenters. The summed E-state index contributed by atoms with van der Waals surface area (Å²) >= 11 is 7.47. The summed E-state index contributed by atoms with van der Waals surface area (Å²) in [6.07, 6.45) is 0. The van der Waals surface area contributed by atoms with Crippen molar-refractivity contribution in [3.05, 3.63) is 79.9 Å². The molecule has 0 aliphatic rings. The summed E-state index contributed by atoms with van der Waals surface area (Å²) in [5.41, 5.74) is 1.84. The molecule has 0 fully saturated rings. The summed E-state index contributed by atoms with van der Waals surface area (Å²) in [6.45, 7) is 2.15. The van der Waals surface area contributed by atoms with Crippen LogP contribution in [0.25, 0.3) is 22.2 Å². The van der Waals surface area contributed by atoms with E-state index >= 15 is 0 Å². The second kappa shape index (κ2) is 8.69. The molecule has 0 spiro atoms. The number of nitrogens with one attached hydrogen (secondary N) is 1. The maximum Gasteiger partial charge on any atom is 0.336 e. The molecule has 1 N–H and O–H groups in total. The second-order valence-corrected chi connectivity index (χ2v) is 8.26. The molecular weight excluding hydrogens is 424 g/mol. The zero-order valence-electron chi connectivity index (χ0n) is 16.0. The Hall–Kier alpha value is -3.16. The second-order valence-electron chi connectivity index (χ2n) is 6.54. The highest BCUT2D eigenvalue weighted by atomic mass is 35.5. The van der Waals surface area contributed by atoms with Crippen LogP contribution in [-0.2, 0) is 11.3 Å². The minimum Gasteiger partial charge on any atom is -0.484 e. The van der Waals surface area contributed by atoms with Gasteiger partial charge in [-0.2, -0.15) is 0 Å². The summed E-state index contributed by atoms with van der Waals surface area (Å²) < 4.78 is 10.6. The molecule has 0 atom stereocenters. The molecular formula is C22H17ClN2O4S. The Morgan fingerprint density at radius 2 is 1.93 bits per heavy atom. The number of thiazole rings is 1. The SMILES string of the molecule is Cc1sc(CNC(=O)COc2ccc3ccc(=O)oc3c2)nc1-c1ccc(Cl)cc1. The van der Waals surface area contributed by atoms with Gasteiger partial charge in [0.1, 0.15) is 16.3 Å². The van der Waals surface area contributed by atoms with E-state index < -0.39 is 5.63 Å². The van der Waals surface area contributed by atoms with Crippen molar-refractivity contribution < 1.29 is 13.9 Å². The molecule has 0 radical (unpaired) electrons. The Morgan fingerprint density at radius 1 is 1.17 bits per heavy atom. The van der Waals surface area contributed by atoms with Gasteiger partial charge >= 0.3 is 5.63 Å². The molecule has 4 aromatic rings. The van der Waals surface area contributed by atoms with Crippen LogP contribution in [0, 0.1) is 6.92 Å². The van der Waals surface area contributed by atoms with Gasteiger partial charge in [0.05, 0.1) is 12.2 Å². The van der Waals surface area contributed by atoms with Gasteiger partial charge in [0.15, 0.2) is 6.61 Å². The molecule has 0 saturated heterocycles. The number of aromatic nitrogens is 1. The Labute approximate surface area is 181 Å². The first-order valence-electron chi connectivity index (χ1n) is 9.13. The van der Waals surface area contributed by atoms with Crippen molar-refractivity contribution in [2.75, 3.05) is 6.61 Å². The lowest BCUT2D eigenvalue weighted by molar-refractivity contribution is -0.123. The topological polar surface area (TPSA) is 81.4 Å². The number of benzene rings is 2. The molecule has 1 amide bonds. The largest absolute Gasteiger partial charge is 0.484 e. The Balaban J connectivity index is 1.34. The van der Waals surface area contributed by atoms with E-state index in [0.29, 0.717) is 22.9 Å². The van der Waals surface area contributed by atoms with E-state index in [1.807, 2.05) is 31.2 Å². The highest BCUT2D eigenvalue weighted by Gasteiger charge is 2.11. The molecule has 0 saturated carbocycles. The summed E-state index contributed by atoms with van der Waals surface area (Å²) in [5.74, 6) is 0.174. The molecule has 4 rings (SSSR count). The number of aryl methyl sites for hydroxylation is 1. The lowest BCUT2D eigenvalue weighted by Gasteiger charge is -2.07. The smallest absolute Gasteiger partial charge is 0.336 e. The van der Waals surface area contributed by atoms with Gasteiger partial charge in [-0.05, 0) is 37.3 Å². The Morgan fingerprint density at radius 3 is 2.73 bits per heavy atom. The van der Waals surface area contributed by atoms with Crippen LogP contribution >= 0.6 is 22.9 Å². The van der Waals surface area contributed by atoms with Crippen molar-refractivity contribution in [2.45, 2.75) is 13.5 Å². The average Bonchev–Trinajstić information content (AvgIpc) is 3.11. The van der Waals surface area contributed by atoms with Gasteiger partial charge in [-0.25, -0.2) is 9.78 Å². The molecule has 8 heteroatoms. The van der Waals surface area contributed by atoms with Crippen molar-refractivity contribution in [1.29, 1.82) is 0 Å². The van der Waals surface area contributed by atoms with Gasteiger partial charge in [-0.15, -0.1) is 11.3 Å². The fraction of sp³-hybridized carbons (Fsp3) is 0.136. The third kappa shape index (κ3) is 4.69. The van der Waals surface area contributed by atoms with E-state index in [9.17, 15) is 9.59 Å². The van der Waals surface area contributed by atoms with Crippen LogP contribution in [0.2, 0.25) is 5.02 Å². The van der Waals surface area contributed by atoms with Crippen molar-refractivity contribution >= 4 is 39.8 Å². The quantitative estimate of drug-likeness (QED) is 0.444. The summed E-state index contributed by atoms with van der Waals surface area (Å²) in [5, 5.41) is 5.06. The maximum absolute atomic E-state index is 12.2. The van der Waals surface area contributed by atoms with Gasteiger partial charge < -0.3 is 14.5 Å². The van der Waals surface area contributed by atoms with E-state index in [0.717, 1.165) is 26.5 Å². The van der Waals surface area contributed by atoms with Gasteiger partial charge in [0.25, 0.3) is 5.91 Å². The lowest BCUT2D eigenvalue weighted by Crippen LogP contribution is -2.28. The van der Waals surface area contributed by atoms with E-state index in [1.165, 1.54) is 17.4 Å². The minimum absolute atomic E-state index is 0.156. The molecule has 0 aliphatic heterocycles. The number of hydrogen-bond donors (Lipinski definition) is 1. The van der Waals surface area contributed by atoms with Crippen LogP contribution in [0.4, 0.5) is 0 Å². The molecule has 0 aliphatic carbocycles. The van der Waals surface area contributed by atoms with Crippen molar-refractivity contribution in [2.24, 2.45) is 0 Å². The first-order chi connectivity index (χ1) is 14.5. The summed E-state index contributed by atoms with van der Waals surface area (Å²) in [4.78, 5) is 29.2. The minimum atomic E-state index is -0.436. The number of amides is 1. The Bertz CT molecular complexity index is 1260. The van der Waals surface area contributed by atoms with Crippen LogP contribution in [-0.4, -0.2) is 17.5 Å². The van der Waals surface area contributed by atoms with E-state index in [4.69, 9.17) is 20.8 Å². The molecule has 30 heavy (non-hydrogen) atoms. The summed E-state index contributed by atoms with van der Waals surface area (Å²) in [7, 11) is 0. The van der Waals surface area contributed by atoms with Gasteiger partial charge in [-0.1, -0.05) is 23.7 Å². The van der Waals surface area contributed by atoms with Crippen LogP contribution in [0.1, 0.15) is 9.88 Å². The number of fused-ring (bicyclic) bond motifs is 1. The number of ether oxygens (including phenoxy) is 1. The molecule has 152 valence electrons. The molecule has 2 aromatic heterocycles. The van der Waals surface area contributed by atoms with E-state index in [2.05, 4.69) is 10.3 Å². The van der Waals surface area contributed by atoms with E-state index in [-0.39, 0.29) is 12.5 Å². The van der Waals surface area contributed by atoms with Crippen molar-refractivity contribution in [3.8, 4) is 17.0 Å². The summed E-state index contributed by atoms with van der Waals surface area (Å²) in [6, 6.07) is 15.6. The molecule has 2 heterocycles. The van der Waals surface area contributed by atoms with Gasteiger partial charge in [0.2, 0.25) is 0 Å². The van der Waals surface area contributed by atoms with Crippen LogP contribution in [0.5, 0.6) is 5.75 Å². The number of rotatable bonds is 6. The van der Waals surface area contributed by atoms with Crippen LogP contribution in [0.15, 0.2) is 63.8 Å². The fourth-order valence-corrected chi connectivity index (χ4v) is 3.93. The van der Waals surface area contributed by atoms with Crippen molar-refractivity contribution in [1.82, 2.24) is 10.3 Å². The number of carbonyl (C=O) groups is 1. The predicted molar refractivity (Wildman–Crippen MR) is 117 cm³/mol. The molecule has 2 aromatic carbocycles. The number of hydrogen-bond acceptors (Lipinski definition) is 6. The zero-order chi connectivity index (χ0) is 21.1. The number of carbonyl (C=O) groups excluding carboxylic acids is 1. The standard InChI is InChI=1S/C22H17ClN2O4S/c1-13-22(15-2-6-16(23)7-3-15)25-20(30-13)11-24-19(26)12-28-17-8-4-14-5-9-21(27)29-18(14)10-17/h2-10H,11-12H2,1H3,(H,24,26). The highest BCUT2D eigenvalue weighted by Crippen LogP contribution is 2.28. The maximum atomic E-state index is 12.2. The molecule has 6 nitrogen and oxygen atoms in total. The predicted octanol–water partition coefficient (Wildman–Crippen LogP) is 4.57. The Kier molecular flexibility index (Phi) is 5.83. The normalized spacial score (nSPS) is 10.9. The van der Waals surface area contributed by atoms with Gasteiger partial charge in [0, 0.05) is 33.0 Å². The highest BCUT2D eigenvalue weighted by molar-refractivity contribution is 7.12. The number of nitrogens with zero attached hydrogens (tertiary/aromatic N) is 1. The first-order valence-corrected chi connectivity index (χ1v) is 10.3. The van der Waals surface area contributed by atoms with Gasteiger partial charge in [-0.3, -0.25) is 4.79 Å². The lowest BCUT2D eigenvalue weighted by atomic mass is 10.1. The first kappa shape index (κ1) is 20.1. The van der Waals surface area contributed by atoms with E-state index in [1.54, 1.807) is 24.3 Å². The monoisotopic (exact) mass is 440 g/mol. The fourth-order valence-electron chi connectivity index (χ4n) is 2.91. The third-order valence-corrected chi connectivity index (χ3v) is 5.58. The van der Waals surface area contributed by atoms with Crippen LogP contribution < -0.4 is 15.7 Å². The zero-order valence-corrected chi connectivity index (χ0v) is 17.5. The third-order valence-electron chi connectivity index (χ3n) is 4.36. The number of halogens is 1. The average molecular weight is 441 g/mol.